The lowest BCUT2D eigenvalue weighted by Crippen LogP contribution is -1.97. The van der Waals surface area contributed by atoms with Crippen LogP contribution in [0, 0.1) is 5.82 Å². The number of aromatic nitrogens is 2. The second kappa shape index (κ2) is 5.65. The summed E-state index contributed by atoms with van der Waals surface area (Å²) in [4.78, 5) is 8.11. The van der Waals surface area contributed by atoms with Gasteiger partial charge in [-0.05, 0) is 24.3 Å². The third kappa shape index (κ3) is 2.60. The lowest BCUT2D eigenvalue weighted by atomic mass is 10.2. The van der Waals surface area contributed by atoms with Crippen LogP contribution in [-0.2, 0) is 0 Å². The van der Waals surface area contributed by atoms with E-state index in [1.807, 2.05) is 0 Å². The first-order valence-electron chi connectivity index (χ1n) is 7.62. The Morgan fingerprint density at radius 2 is 2.18 bits per heavy atom. The van der Waals surface area contributed by atoms with Crippen LogP contribution < -0.4 is 10.1 Å². The van der Waals surface area contributed by atoms with E-state index in [0.29, 0.717) is 22.4 Å². The third-order valence-electron chi connectivity index (χ3n) is 3.01. The number of rotatable bonds is 3. The van der Waals surface area contributed by atoms with E-state index >= 15 is 0 Å². The number of anilines is 2. The summed E-state index contributed by atoms with van der Waals surface area (Å²) in [5, 5.41) is 13.3. The molecule has 22 heavy (non-hydrogen) atoms. The summed E-state index contributed by atoms with van der Waals surface area (Å²) in [6, 6.07) is 6.64. The van der Waals surface area contributed by atoms with Crippen molar-refractivity contribution in [3.05, 3.63) is 47.5 Å². The van der Waals surface area contributed by atoms with Crippen molar-refractivity contribution in [2.24, 2.45) is 0 Å². The normalized spacial score (nSPS) is 13.3. The first kappa shape index (κ1) is 11.0. The number of hydrogen-bond donors (Lipinski definition) is 2. The van der Waals surface area contributed by atoms with E-state index in [2.05, 4.69) is 15.3 Å². The number of nitrogens with one attached hydrogen (secondary N) is 1. The summed E-state index contributed by atoms with van der Waals surface area (Å²) in [7, 11) is -2.70. The Kier molecular flexibility index (Phi) is 2.83. The van der Waals surface area contributed by atoms with Gasteiger partial charge >= 0.3 is 0 Å². The fourth-order valence-corrected chi connectivity index (χ4v) is 2.14. The van der Waals surface area contributed by atoms with Crippen molar-refractivity contribution in [2.45, 2.75) is 0 Å². The predicted molar refractivity (Wildman–Crippen MR) is 82.4 cm³/mol. The van der Waals surface area contributed by atoms with Crippen LogP contribution in [0.25, 0.3) is 10.9 Å². The molecule has 0 aliphatic rings. The Balaban J connectivity index is 2.02. The van der Waals surface area contributed by atoms with E-state index in [-0.39, 0.29) is 16.5 Å². The summed E-state index contributed by atoms with van der Waals surface area (Å²) < 4.78 is 39.3. The topological polar surface area (TPSA) is 67.3 Å². The van der Waals surface area contributed by atoms with Crippen molar-refractivity contribution >= 4 is 34.0 Å². The van der Waals surface area contributed by atoms with E-state index < -0.39 is 12.9 Å². The van der Waals surface area contributed by atoms with Gasteiger partial charge in [0.05, 0.1) is 21.7 Å². The minimum absolute atomic E-state index is 0.0560. The van der Waals surface area contributed by atoms with E-state index in [4.69, 9.17) is 20.5 Å². The molecule has 1 heterocycles. The average Bonchev–Trinajstić information content (AvgIpc) is 2.51. The maximum atomic E-state index is 13.2. The highest BCUT2D eigenvalue weighted by Crippen LogP contribution is 2.33. The number of halogens is 2. The molecule has 0 atom stereocenters. The standard InChI is InChI=1S/C15H11ClFN3O2/c1-22-14-6-12-9(5-13(14)21)15(19-7-18-12)20-8-2-3-11(17)10(16)4-8/h2-7,21H,1H3,(H,18,19,20)/i1D3. The van der Waals surface area contributed by atoms with Gasteiger partial charge in [0.1, 0.15) is 18.0 Å². The monoisotopic (exact) mass is 322 g/mol. The predicted octanol–water partition coefficient (Wildman–Crippen LogP) is 3.88. The molecule has 112 valence electrons. The molecule has 0 bridgehead atoms. The fraction of sp³-hybridized carbons (Fsp3) is 0.0667. The van der Waals surface area contributed by atoms with Gasteiger partial charge in [-0.15, -0.1) is 0 Å². The van der Waals surface area contributed by atoms with Crippen molar-refractivity contribution in [3.8, 4) is 11.5 Å². The molecule has 7 heteroatoms. The molecule has 0 saturated carbocycles. The number of methoxy groups -OCH3 is 1. The molecule has 2 aromatic carbocycles. The van der Waals surface area contributed by atoms with Crippen LogP contribution in [0.15, 0.2) is 36.7 Å². The highest BCUT2D eigenvalue weighted by atomic mass is 35.5. The summed E-state index contributed by atoms with van der Waals surface area (Å²) in [6.07, 6.45) is 1.26. The third-order valence-corrected chi connectivity index (χ3v) is 3.30. The van der Waals surface area contributed by atoms with Crippen LogP contribution in [0.1, 0.15) is 4.11 Å². The lowest BCUT2D eigenvalue weighted by Gasteiger charge is -2.10. The molecule has 0 aliphatic carbocycles. The molecular formula is C15H11ClFN3O2. The van der Waals surface area contributed by atoms with E-state index in [0.717, 1.165) is 0 Å². The Labute approximate surface area is 134 Å². The van der Waals surface area contributed by atoms with Gasteiger partial charge in [0, 0.05) is 17.1 Å². The minimum Gasteiger partial charge on any atom is -0.504 e. The number of nitrogens with zero attached hydrogens (tertiary/aromatic N) is 2. The molecule has 2 N–H and O–H groups in total. The van der Waals surface area contributed by atoms with E-state index in [1.54, 1.807) is 0 Å². The van der Waals surface area contributed by atoms with Crippen molar-refractivity contribution < 1.29 is 18.3 Å². The average molecular weight is 323 g/mol. The number of fused-ring (bicyclic) bond motifs is 1. The van der Waals surface area contributed by atoms with Crippen LogP contribution in [-0.4, -0.2) is 22.1 Å². The van der Waals surface area contributed by atoms with Gasteiger partial charge in [0.15, 0.2) is 11.5 Å². The molecule has 0 spiro atoms. The maximum absolute atomic E-state index is 13.2. The van der Waals surface area contributed by atoms with Gasteiger partial charge in [0.2, 0.25) is 0 Å². The second-order valence-electron chi connectivity index (χ2n) is 4.42. The molecule has 0 unspecified atom stereocenters. The summed E-state index contributed by atoms with van der Waals surface area (Å²) >= 11 is 5.75. The quantitative estimate of drug-likeness (QED) is 0.766. The van der Waals surface area contributed by atoms with E-state index in [1.165, 1.54) is 36.7 Å². The Hall–Kier alpha value is -2.60. The molecule has 0 radical (unpaired) electrons. The summed E-state index contributed by atoms with van der Waals surface area (Å²) in [6.45, 7) is 0. The zero-order valence-electron chi connectivity index (χ0n) is 14.0. The number of phenols is 1. The first-order valence-corrected chi connectivity index (χ1v) is 6.49. The Bertz CT molecular complexity index is 953. The van der Waals surface area contributed by atoms with Crippen molar-refractivity contribution in [2.75, 3.05) is 12.4 Å². The molecule has 0 saturated heterocycles. The molecular weight excluding hydrogens is 309 g/mol. The van der Waals surface area contributed by atoms with Crippen molar-refractivity contribution in [1.29, 1.82) is 0 Å². The zero-order chi connectivity index (χ0) is 18.2. The van der Waals surface area contributed by atoms with Gasteiger partial charge in [-0.3, -0.25) is 0 Å². The van der Waals surface area contributed by atoms with Crippen LogP contribution in [0.2, 0.25) is 5.02 Å². The Morgan fingerprint density at radius 1 is 1.32 bits per heavy atom. The SMILES string of the molecule is [2H]C([2H])([2H])Oc1cc2ncnc(Nc3ccc(F)c(Cl)c3)c2cc1O. The number of hydrogen-bond acceptors (Lipinski definition) is 5. The van der Waals surface area contributed by atoms with E-state index in [9.17, 15) is 9.50 Å². The first-order chi connectivity index (χ1) is 11.7. The smallest absolute Gasteiger partial charge is 0.162 e. The number of phenolic OH excluding ortho intramolecular Hbond substituents is 1. The largest absolute Gasteiger partial charge is 0.504 e. The van der Waals surface area contributed by atoms with Crippen LogP contribution in [0.4, 0.5) is 15.9 Å². The number of ether oxygens (including phenoxy) is 1. The molecule has 3 aromatic rings. The summed E-state index contributed by atoms with van der Waals surface area (Å²) in [5.41, 5.74) is 0.830. The van der Waals surface area contributed by atoms with Gasteiger partial charge in [-0.2, -0.15) is 0 Å². The Morgan fingerprint density at radius 3 is 2.95 bits per heavy atom. The van der Waals surface area contributed by atoms with Gasteiger partial charge < -0.3 is 15.2 Å². The van der Waals surface area contributed by atoms with Crippen molar-refractivity contribution in [1.82, 2.24) is 9.97 Å². The molecule has 1 aromatic heterocycles. The molecule has 5 nitrogen and oxygen atoms in total. The molecule has 0 aliphatic heterocycles. The maximum Gasteiger partial charge on any atom is 0.162 e. The molecule has 0 amide bonds. The van der Waals surface area contributed by atoms with Crippen LogP contribution in [0.3, 0.4) is 0 Å². The zero-order valence-corrected chi connectivity index (χ0v) is 11.7. The molecule has 0 fully saturated rings. The second-order valence-corrected chi connectivity index (χ2v) is 4.82. The number of aromatic hydroxyl groups is 1. The van der Waals surface area contributed by atoms with Gasteiger partial charge in [-0.25, -0.2) is 14.4 Å². The fourth-order valence-electron chi connectivity index (χ4n) is 1.96. The highest BCUT2D eigenvalue weighted by molar-refractivity contribution is 6.31. The van der Waals surface area contributed by atoms with Gasteiger partial charge in [0.25, 0.3) is 0 Å². The van der Waals surface area contributed by atoms with Gasteiger partial charge in [-0.1, -0.05) is 11.6 Å². The number of benzene rings is 2. The van der Waals surface area contributed by atoms with Crippen LogP contribution >= 0.6 is 11.6 Å². The summed E-state index contributed by atoms with van der Waals surface area (Å²) in [5.74, 6) is -0.826. The highest BCUT2D eigenvalue weighted by Gasteiger charge is 2.10. The minimum atomic E-state index is -2.70. The molecule has 3 rings (SSSR count). The van der Waals surface area contributed by atoms with Crippen LogP contribution in [0.5, 0.6) is 11.5 Å². The lowest BCUT2D eigenvalue weighted by molar-refractivity contribution is 0.374. The van der Waals surface area contributed by atoms with Crippen molar-refractivity contribution in [3.63, 3.8) is 0 Å².